The molecule has 4 heteroatoms. The molecule has 0 atom stereocenters. The molecule has 2 fully saturated rings. The van der Waals surface area contributed by atoms with Gasteiger partial charge in [0.05, 0.1) is 0 Å². The van der Waals surface area contributed by atoms with E-state index in [0.717, 1.165) is 25.9 Å². The summed E-state index contributed by atoms with van der Waals surface area (Å²) in [6, 6.07) is 0. The molecule has 1 saturated carbocycles. The number of halogens is 2. The number of nitrogens with zero attached hydrogens (tertiary/aromatic N) is 1. The average molecular weight is 217 g/mol. The van der Waals surface area contributed by atoms with Crippen molar-refractivity contribution in [3.63, 3.8) is 0 Å². The Morgan fingerprint density at radius 1 is 1.13 bits per heavy atom. The van der Waals surface area contributed by atoms with Gasteiger partial charge in [-0.1, -0.05) is 0 Å². The van der Waals surface area contributed by atoms with E-state index in [2.05, 4.69) is 0 Å². The smallest absolute Gasteiger partial charge is 0.248 e. The summed E-state index contributed by atoms with van der Waals surface area (Å²) in [5.74, 6) is -2.55. The van der Waals surface area contributed by atoms with E-state index < -0.39 is 5.92 Å². The van der Waals surface area contributed by atoms with E-state index in [-0.39, 0.29) is 24.7 Å². The summed E-state index contributed by atoms with van der Waals surface area (Å²) in [7, 11) is 0. The molecule has 1 saturated heterocycles. The summed E-state index contributed by atoms with van der Waals surface area (Å²) in [6.45, 7) is 1.65. The third kappa shape index (κ3) is 2.47. The molecule has 0 unspecified atom stereocenters. The lowest BCUT2D eigenvalue weighted by Crippen LogP contribution is -2.37. The highest BCUT2D eigenvalue weighted by atomic mass is 19.3. The first-order chi connectivity index (χ1) is 7.08. The van der Waals surface area contributed by atoms with Gasteiger partial charge in [0.1, 0.15) is 0 Å². The Morgan fingerprint density at radius 2 is 1.67 bits per heavy atom. The van der Waals surface area contributed by atoms with Gasteiger partial charge in [-0.2, -0.15) is 0 Å². The molecular weight excluding hydrogens is 200 g/mol. The zero-order valence-electron chi connectivity index (χ0n) is 8.85. The van der Waals surface area contributed by atoms with E-state index in [1.54, 1.807) is 0 Å². The topological polar surface area (TPSA) is 20.3 Å². The highest BCUT2D eigenvalue weighted by Gasteiger charge is 2.38. The summed E-state index contributed by atoms with van der Waals surface area (Å²) in [5, 5.41) is 0. The predicted octanol–water partition coefficient (Wildman–Crippen LogP) is 2.43. The minimum Gasteiger partial charge on any atom is -0.342 e. The number of carbonyl (C=O) groups excluding carboxylic acids is 1. The zero-order chi connectivity index (χ0) is 10.9. The molecule has 0 aromatic rings. The van der Waals surface area contributed by atoms with Crippen molar-refractivity contribution in [2.45, 2.75) is 44.4 Å². The number of carbonyl (C=O) groups is 1. The van der Waals surface area contributed by atoms with Crippen molar-refractivity contribution in [3.05, 3.63) is 0 Å². The molecule has 86 valence electrons. The molecule has 2 nitrogen and oxygen atoms in total. The normalized spacial score (nSPS) is 26.9. The first-order valence-corrected chi connectivity index (χ1v) is 5.75. The fraction of sp³-hybridized carbons (Fsp3) is 0.909. The summed E-state index contributed by atoms with van der Waals surface area (Å²) in [5.41, 5.74) is 0. The third-order valence-electron chi connectivity index (χ3n) is 3.48. The van der Waals surface area contributed by atoms with Crippen molar-refractivity contribution in [2.24, 2.45) is 5.92 Å². The minimum atomic E-state index is -2.53. The Morgan fingerprint density at radius 3 is 2.20 bits per heavy atom. The highest BCUT2D eigenvalue weighted by molar-refractivity contribution is 5.79. The van der Waals surface area contributed by atoms with Gasteiger partial charge >= 0.3 is 0 Å². The van der Waals surface area contributed by atoms with Crippen LogP contribution in [0.1, 0.15) is 38.5 Å². The fourth-order valence-electron chi connectivity index (χ4n) is 2.48. The molecule has 1 heterocycles. The number of amides is 1. The molecule has 1 aliphatic heterocycles. The summed E-state index contributed by atoms with van der Waals surface area (Å²) in [4.78, 5) is 13.7. The lowest BCUT2D eigenvalue weighted by Gasteiger charge is -2.30. The van der Waals surface area contributed by atoms with Crippen LogP contribution in [0.3, 0.4) is 0 Å². The Labute approximate surface area is 88.6 Å². The van der Waals surface area contributed by atoms with Crippen LogP contribution in [0, 0.1) is 5.92 Å². The summed E-state index contributed by atoms with van der Waals surface area (Å²) >= 11 is 0. The van der Waals surface area contributed by atoms with E-state index in [1.807, 2.05) is 4.90 Å². The fourth-order valence-corrected chi connectivity index (χ4v) is 2.48. The van der Waals surface area contributed by atoms with Crippen LogP contribution in [-0.4, -0.2) is 29.8 Å². The molecule has 15 heavy (non-hydrogen) atoms. The van der Waals surface area contributed by atoms with Crippen LogP contribution in [0.2, 0.25) is 0 Å². The SMILES string of the molecule is O=C(C1CCC(F)(F)CC1)N1CCCC1. The number of likely N-dealkylation sites (tertiary alicyclic amines) is 1. The van der Waals surface area contributed by atoms with Gasteiger partial charge in [-0.15, -0.1) is 0 Å². The van der Waals surface area contributed by atoms with Crippen LogP contribution >= 0.6 is 0 Å². The minimum absolute atomic E-state index is 0.114. The lowest BCUT2D eigenvalue weighted by molar-refractivity contribution is -0.138. The van der Waals surface area contributed by atoms with Gasteiger partial charge in [-0.25, -0.2) is 8.78 Å². The van der Waals surface area contributed by atoms with Crippen molar-refractivity contribution in [1.29, 1.82) is 0 Å². The molecule has 2 rings (SSSR count). The van der Waals surface area contributed by atoms with Crippen LogP contribution < -0.4 is 0 Å². The van der Waals surface area contributed by atoms with Gasteiger partial charge < -0.3 is 4.90 Å². The van der Waals surface area contributed by atoms with Crippen molar-refractivity contribution < 1.29 is 13.6 Å². The first kappa shape index (κ1) is 10.8. The lowest BCUT2D eigenvalue weighted by atomic mass is 9.86. The van der Waals surface area contributed by atoms with E-state index in [1.165, 1.54) is 0 Å². The van der Waals surface area contributed by atoms with Gasteiger partial charge in [0.15, 0.2) is 0 Å². The number of rotatable bonds is 1. The Kier molecular flexibility index (Phi) is 2.94. The monoisotopic (exact) mass is 217 g/mol. The average Bonchev–Trinajstić information content (AvgIpc) is 2.69. The number of hydrogen-bond acceptors (Lipinski definition) is 1. The highest BCUT2D eigenvalue weighted by Crippen LogP contribution is 2.37. The molecule has 0 N–H and O–H groups in total. The molecule has 0 aromatic carbocycles. The van der Waals surface area contributed by atoms with Crippen LogP contribution in [0.25, 0.3) is 0 Å². The summed E-state index contributed by atoms with van der Waals surface area (Å²) < 4.78 is 25.8. The van der Waals surface area contributed by atoms with Crippen LogP contribution in [0.15, 0.2) is 0 Å². The van der Waals surface area contributed by atoms with E-state index in [0.29, 0.717) is 12.8 Å². The van der Waals surface area contributed by atoms with Crippen molar-refractivity contribution in [3.8, 4) is 0 Å². The molecule has 0 bridgehead atoms. The van der Waals surface area contributed by atoms with Crippen molar-refractivity contribution >= 4 is 5.91 Å². The quantitative estimate of drug-likeness (QED) is 0.660. The standard InChI is InChI=1S/C11H17F2NO/c12-11(13)5-3-9(4-6-11)10(15)14-7-1-2-8-14/h9H,1-8H2. The number of alkyl halides is 2. The summed E-state index contributed by atoms with van der Waals surface area (Å²) in [6.07, 6.45) is 2.63. The second-order valence-electron chi connectivity index (χ2n) is 4.66. The van der Waals surface area contributed by atoms with Gasteiger partial charge in [0, 0.05) is 31.8 Å². The Bertz CT molecular complexity index is 239. The van der Waals surface area contributed by atoms with E-state index in [9.17, 15) is 13.6 Å². The predicted molar refractivity (Wildman–Crippen MR) is 52.7 cm³/mol. The van der Waals surface area contributed by atoms with Crippen LogP contribution in [0.4, 0.5) is 8.78 Å². The Balaban J connectivity index is 1.87. The maximum atomic E-state index is 12.9. The first-order valence-electron chi connectivity index (χ1n) is 5.75. The molecule has 0 spiro atoms. The van der Waals surface area contributed by atoms with Crippen LogP contribution in [0.5, 0.6) is 0 Å². The molecular formula is C11H17F2NO. The van der Waals surface area contributed by atoms with Gasteiger partial charge in [0.25, 0.3) is 0 Å². The number of hydrogen-bond donors (Lipinski definition) is 0. The largest absolute Gasteiger partial charge is 0.342 e. The molecule has 0 aromatic heterocycles. The van der Waals surface area contributed by atoms with Crippen LogP contribution in [-0.2, 0) is 4.79 Å². The van der Waals surface area contributed by atoms with Crippen molar-refractivity contribution in [2.75, 3.05) is 13.1 Å². The second-order valence-corrected chi connectivity index (χ2v) is 4.66. The van der Waals surface area contributed by atoms with Gasteiger partial charge in [0.2, 0.25) is 11.8 Å². The second kappa shape index (κ2) is 4.06. The van der Waals surface area contributed by atoms with Gasteiger partial charge in [-0.05, 0) is 25.7 Å². The zero-order valence-corrected chi connectivity index (χ0v) is 8.85. The third-order valence-corrected chi connectivity index (χ3v) is 3.48. The molecule has 1 amide bonds. The van der Waals surface area contributed by atoms with Gasteiger partial charge in [-0.3, -0.25) is 4.79 Å². The molecule has 2 aliphatic rings. The van der Waals surface area contributed by atoms with Crippen molar-refractivity contribution in [1.82, 2.24) is 4.90 Å². The Hall–Kier alpha value is -0.670. The maximum Gasteiger partial charge on any atom is 0.248 e. The maximum absolute atomic E-state index is 12.9. The molecule has 1 aliphatic carbocycles. The van der Waals surface area contributed by atoms with E-state index in [4.69, 9.17) is 0 Å². The van der Waals surface area contributed by atoms with E-state index >= 15 is 0 Å². The molecule has 0 radical (unpaired) electrons.